The average molecular weight is 367 g/mol. The van der Waals surface area contributed by atoms with Gasteiger partial charge in [0.05, 0.1) is 18.5 Å². The van der Waals surface area contributed by atoms with Crippen molar-refractivity contribution in [2.45, 2.75) is 6.92 Å². The predicted octanol–water partition coefficient (Wildman–Crippen LogP) is 5.61. The Balaban J connectivity index is 1.75. The van der Waals surface area contributed by atoms with Gasteiger partial charge in [-0.25, -0.2) is 4.68 Å². The van der Waals surface area contributed by atoms with Gasteiger partial charge in [-0.2, -0.15) is 5.10 Å². The second-order valence-electron chi connectivity index (χ2n) is 6.54. The minimum absolute atomic E-state index is 0.820. The molecular formula is C24H21N3O. The smallest absolute Gasteiger partial charge is 0.118 e. The Bertz CT molecular complexity index is 1080. The molecule has 4 rings (SSSR count). The van der Waals surface area contributed by atoms with Gasteiger partial charge in [0.15, 0.2) is 0 Å². The lowest BCUT2D eigenvalue weighted by atomic mass is 10.1. The van der Waals surface area contributed by atoms with Gasteiger partial charge in [0.2, 0.25) is 0 Å². The first-order chi connectivity index (χ1) is 13.7. The molecule has 4 aromatic rings. The number of hydrogen-bond donors (Lipinski definition) is 0. The van der Waals surface area contributed by atoms with Crippen LogP contribution in [0.3, 0.4) is 0 Å². The van der Waals surface area contributed by atoms with Crippen LogP contribution in [0.25, 0.3) is 16.9 Å². The monoisotopic (exact) mass is 367 g/mol. The Kier molecular flexibility index (Phi) is 5.02. The second kappa shape index (κ2) is 7.92. The average Bonchev–Trinajstić information content (AvgIpc) is 3.18. The molecule has 3 aromatic carbocycles. The SMILES string of the molecule is COc1ccc(-c2nn(-c3ccccc3)cc2C=Nc2ccc(C)cc2)cc1. The molecule has 0 aliphatic heterocycles. The van der Waals surface area contributed by atoms with Crippen molar-refractivity contribution in [3.05, 3.63) is 96.2 Å². The van der Waals surface area contributed by atoms with Crippen molar-refractivity contribution in [2.24, 2.45) is 4.99 Å². The lowest BCUT2D eigenvalue weighted by Crippen LogP contribution is -1.94. The topological polar surface area (TPSA) is 39.4 Å². The molecular weight excluding hydrogens is 346 g/mol. The second-order valence-corrected chi connectivity index (χ2v) is 6.54. The molecule has 4 nitrogen and oxygen atoms in total. The number of methoxy groups -OCH3 is 1. The standard InChI is InChI=1S/C24H21N3O/c1-18-8-12-21(13-9-18)25-16-20-17-27(22-6-4-3-5-7-22)26-24(20)19-10-14-23(28-2)15-11-19/h3-17H,1-2H3. The summed E-state index contributed by atoms with van der Waals surface area (Å²) in [6, 6.07) is 26.1. The molecule has 0 unspecified atom stereocenters. The van der Waals surface area contributed by atoms with Crippen LogP contribution in [0.15, 0.2) is 90.1 Å². The van der Waals surface area contributed by atoms with Crippen molar-refractivity contribution in [1.82, 2.24) is 9.78 Å². The summed E-state index contributed by atoms with van der Waals surface area (Å²) in [7, 11) is 1.67. The maximum Gasteiger partial charge on any atom is 0.118 e. The van der Waals surface area contributed by atoms with Crippen molar-refractivity contribution in [1.29, 1.82) is 0 Å². The van der Waals surface area contributed by atoms with E-state index in [2.05, 4.69) is 24.0 Å². The van der Waals surface area contributed by atoms with Crippen LogP contribution in [0.5, 0.6) is 5.75 Å². The minimum atomic E-state index is 0.820. The first-order valence-electron chi connectivity index (χ1n) is 9.13. The van der Waals surface area contributed by atoms with Crippen molar-refractivity contribution in [3.63, 3.8) is 0 Å². The fourth-order valence-corrected chi connectivity index (χ4v) is 2.94. The zero-order chi connectivity index (χ0) is 19.3. The molecule has 1 aromatic heterocycles. The summed E-state index contributed by atoms with van der Waals surface area (Å²) in [5, 5.41) is 4.82. The number of para-hydroxylation sites is 1. The molecule has 0 spiro atoms. The number of benzene rings is 3. The van der Waals surface area contributed by atoms with Crippen LogP contribution in [0.1, 0.15) is 11.1 Å². The van der Waals surface area contributed by atoms with Gasteiger partial charge in [0.25, 0.3) is 0 Å². The maximum absolute atomic E-state index is 5.27. The highest BCUT2D eigenvalue weighted by Gasteiger charge is 2.11. The van der Waals surface area contributed by atoms with Crippen LogP contribution in [-0.4, -0.2) is 23.1 Å². The fraction of sp³-hybridized carbons (Fsp3) is 0.0833. The highest BCUT2D eigenvalue weighted by atomic mass is 16.5. The van der Waals surface area contributed by atoms with Crippen LogP contribution in [0.4, 0.5) is 5.69 Å². The predicted molar refractivity (Wildman–Crippen MR) is 114 cm³/mol. The zero-order valence-electron chi connectivity index (χ0n) is 15.9. The van der Waals surface area contributed by atoms with Crippen molar-refractivity contribution in [2.75, 3.05) is 7.11 Å². The summed E-state index contributed by atoms with van der Waals surface area (Å²) < 4.78 is 7.16. The highest BCUT2D eigenvalue weighted by Crippen LogP contribution is 2.25. The Morgan fingerprint density at radius 2 is 1.61 bits per heavy atom. The Morgan fingerprint density at radius 3 is 2.29 bits per heavy atom. The first-order valence-corrected chi connectivity index (χ1v) is 9.13. The van der Waals surface area contributed by atoms with Crippen LogP contribution in [0, 0.1) is 6.92 Å². The molecule has 138 valence electrons. The van der Waals surface area contributed by atoms with E-state index in [0.717, 1.165) is 33.9 Å². The van der Waals surface area contributed by atoms with E-state index in [1.54, 1.807) is 7.11 Å². The fourth-order valence-electron chi connectivity index (χ4n) is 2.94. The molecule has 0 radical (unpaired) electrons. The number of nitrogens with zero attached hydrogens (tertiary/aromatic N) is 3. The Labute approximate surface area is 164 Å². The van der Waals surface area contributed by atoms with Crippen LogP contribution < -0.4 is 4.74 Å². The Morgan fingerprint density at radius 1 is 0.893 bits per heavy atom. The van der Waals surface area contributed by atoms with Gasteiger partial charge < -0.3 is 4.74 Å². The number of rotatable bonds is 5. The lowest BCUT2D eigenvalue weighted by Gasteiger charge is -2.02. The Hall–Kier alpha value is -3.66. The summed E-state index contributed by atoms with van der Waals surface area (Å²) in [4.78, 5) is 4.64. The van der Waals surface area contributed by atoms with E-state index >= 15 is 0 Å². The number of ether oxygens (including phenoxy) is 1. The number of aryl methyl sites for hydroxylation is 1. The van der Waals surface area contributed by atoms with Gasteiger partial charge in [-0.3, -0.25) is 4.99 Å². The molecule has 0 aliphatic carbocycles. The molecule has 0 aliphatic rings. The summed E-state index contributed by atoms with van der Waals surface area (Å²) in [6.07, 6.45) is 3.88. The molecule has 28 heavy (non-hydrogen) atoms. The summed E-state index contributed by atoms with van der Waals surface area (Å²) >= 11 is 0. The third-order valence-electron chi connectivity index (χ3n) is 4.51. The van der Waals surface area contributed by atoms with Gasteiger partial charge in [0, 0.05) is 23.5 Å². The van der Waals surface area contributed by atoms with Gasteiger partial charge in [-0.05, 0) is 55.5 Å². The van der Waals surface area contributed by atoms with E-state index in [9.17, 15) is 0 Å². The molecule has 0 amide bonds. The van der Waals surface area contributed by atoms with Gasteiger partial charge in [0.1, 0.15) is 11.4 Å². The van der Waals surface area contributed by atoms with Gasteiger partial charge in [-0.15, -0.1) is 0 Å². The molecule has 0 bridgehead atoms. The maximum atomic E-state index is 5.27. The van der Waals surface area contributed by atoms with Gasteiger partial charge in [-0.1, -0.05) is 35.9 Å². The van der Waals surface area contributed by atoms with Gasteiger partial charge >= 0.3 is 0 Å². The number of hydrogen-bond acceptors (Lipinski definition) is 3. The van der Waals surface area contributed by atoms with Crippen LogP contribution in [-0.2, 0) is 0 Å². The molecule has 1 heterocycles. The number of aromatic nitrogens is 2. The molecule has 0 atom stereocenters. The lowest BCUT2D eigenvalue weighted by molar-refractivity contribution is 0.415. The van der Waals surface area contributed by atoms with Crippen molar-refractivity contribution < 1.29 is 4.74 Å². The summed E-state index contributed by atoms with van der Waals surface area (Å²) in [5.41, 5.74) is 5.98. The first kappa shape index (κ1) is 17.7. The van der Waals surface area contributed by atoms with E-state index in [1.807, 2.05) is 83.8 Å². The zero-order valence-corrected chi connectivity index (χ0v) is 15.9. The largest absolute Gasteiger partial charge is 0.497 e. The normalized spacial score (nSPS) is 11.1. The van der Waals surface area contributed by atoms with E-state index in [-0.39, 0.29) is 0 Å². The molecule has 0 fully saturated rings. The van der Waals surface area contributed by atoms with E-state index in [0.29, 0.717) is 0 Å². The third kappa shape index (κ3) is 3.86. The van der Waals surface area contributed by atoms with Crippen molar-refractivity contribution >= 4 is 11.9 Å². The molecule has 0 saturated carbocycles. The van der Waals surface area contributed by atoms with E-state index < -0.39 is 0 Å². The molecule has 0 saturated heterocycles. The highest BCUT2D eigenvalue weighted by molar-refractivity contribution is 5.90. The third-order valence-corrected chi connectivity index (χ3v) is 4.51. The summed E-state index contributed by atoms with van der Waals surface area (Å²) in [6.45, 7) is 2.07. The van der Waals surface area contributed by atoms with Crippen molar-refractivity contribution in [3.8, 4) is 22.7 Å². The van der Waals surface area contributed by atoms with E-state index in [4.69, 9.17) is 9.84 Å². The minimum Gasteiger partial charge on any atom is -0.497 e. The molecule has 4 heteroatoms. The quantitative estimate of drug-likeness (QED) is 0.430. The number of aliphatic imine (C=N–C) groups is 1. The summed E-state index contributed by atoms with van der Waals surface area (Å²) in [5.74, 6) is 0.820. The van der Waals surface area contributed by atoms with E-state index in [1.165, 1.54) is 5.56 Å². The van der Waals surface area contributed by atoms with Crippen LogP contribution >= 0.6 is 0 Å². The van der Waals surface area contributed by atoms with Crippen LogP contribution in [0.2, 0.25) is 0 Å². The molecule has 0 N–H and O–H groups in total.